The number of benzene rings is 9. The highest BCUT2D eigenvalue weighted by molar-refractivity contribution is 6.06. The maximum atomic E-state index is 10.4. The zero-order chi connectivity index (χ0) is 50.9. The Kier molecular flexibility index (Phi) is 3.77. The van der Waals surface area contributed by atoms with Gasteiger partial charge in [-0.1, -0.05) is 182 Å². The fourth-order valence-corrected chi connectivity index (χ4v) is 9.19. The minimum Gasteiger partial charge on any atom is -0.457 e. The van der Waals surface area contributed by atoms with Gasteiger partial charge >= 0.3 is 0 Å². The molecule has 1 heterocycles. The lowest BCUT2D eigenvalue weighted by Gasteiger charge is -2.41. The molecule has 1 spiro atoms. The van der Waals surface area contributed by atoms with Crippen molar-refractivity contribution in [3.63, 3.8) is 0 Å². The summed E-state index contributed by atoms with van der Waals surface area (Å²) in [5.74, 6) is -0.532. The molecule has 1 aliphatic heterocycles. The van der Waals surface area contributed by atoms with E-state index >= 15 is 0 Å². The van der Waals surface area contributed by atoms with Crippen molar-refractivity contribution >= 4 is 10.8 Å². The standard InChI is InChI=1S/C54H34O/c1-3-16-38(17-4-1)53(39-18-5-2-6-19-39)46-25-13-14-26-50(46)55-51-32-29-37(34-49(51)53)36-27-30-42-41-21-9-11-23-44(41)54(48(42)33-36)45-24-12-10-22-43(45)52-40-20-8-7-15-35(40)28-31-47(52)54/h1-34H/i7D,8D,10D,12D,13D,14D,15D,20D,22D,24D,25D,26D,28D,29D,31D,32D,34D. The molecule has 0 radical (unpaired) electrons. The molecule has 1 atom stereocenters. The number of para-hydroxylation sites is 1. The van der Waals surface area contributed by atoms with Crippen molar-refractivity contribution in [3.05, 3.63) is 250 Å². The molecule has 3 aliphatic rings. The van der Waals surface area contributed by atoms with Gasteiger partial charge in [-0.2, -0.15) is 0 Å². The van der Waals surface area contributed by atoms with Crippen LogP contribution in [-0.4, -0.2) is 0 Å². The second-order valence-electron chi connectivity index (χ2n) is 13.8. The van der Waals surface area contributed by atoms with Crippen LogP contribution in [0, 0.1) is 0 Å². The summed E-state index contributed by atoms with van der Waals surface area (Å²) in [6.45, 7) is 0. The molecule has 9 aromatic carbocycles. The lowest BCUT2D eigenvalue weighted by atomic mass is 9.63. The molecule has 0 aromatic heterocycles. The molecule has 0 N–H and O–H groups in total. The molecule has 0 bridgehead atoms. The molecule has 2 aliphatic carbocycles. The van der Waals surface area contributed by atoms with Gasteiger partial charge < -0.3 is 4.74 Å². The SMILES string of the molecule is [2H]c1c([2H])c([2H])c2c(c1[2H])Oc1c([2H])c([2H])c(-c3ccc4c(c3)C3(c5ccccc5-4)c4c([2H])c([2H])c([2H])c([2H])c4-c4c3c([2H])c([2H])c3c([2H])c([2H])c([2H])c([2H])c43)c([2H])c1C2(c1ccccc1)c1ccccc1. The zero-order valence-electron chi connectivity index (χ0n) is 45.7. The Morgan fingerprint density at radius 3 is 1.91 bits per heavy atom. The summed E-state index contributed by atoms with van der Waals surface area (Å²) in [7, 11) is 0. The second kappa shape index (κ2) is 11.3. The Morgan fingerprint density at radius 1 is 0.400 bits per heavy atom. The highest BCUT2D eigenvalue weighted by atomic mass is 16.5. The first kappa shape index (κ1) is 18.4. The van der Waals surface area contributed by atoms with Crippen molar-refractivity contribution < 1.29 is 28.0 Å². The zero-order valence-corrected chi connectivity index (χ0v) is 28.7. The van der Waals surface area contributed by atoms with Crippen LogP contribution >= 0.6 is 0 Å². The van der Waals surface area contributed by atoms with E-state index in [1.807, 2.05) is 6.07 Å². The third-order valence-corrected chi connectivity index (χ3v) is 11.3. The fourth-order valence-electron chi connectivity index (χ4n) is 9.19. The lowest BCUT2D eigenvalue weighted by molar-refractivity contribution is 0.434. The average molecular weight is 716 g/mol. The highest BCUT2D eigenvalue weighted by Gasteiger charge is 2.52. The molecule has 12 rings (SSSR count). The van der Waals surface area contributed by atoms with Gasteiger partial charge in [0, 0.05) is 11.1 Å². The van der Waals surface area contributed by atoms with Gasteiger partial charge in [-0.05, 0) is 102 Å². The lowest BCUT2D eigenvalue weighted by Crippen LogP contribution is -2.34. The van der Waals surface area contributed by atoms with Crippen molar-refractivity contribution in [3.8, 4) is 44.9 Å². The van der Waals surface area contributed by atoms with Crippen LogP contribution in [0.1, 0.15) is 67.8 Å². The van der Waals surface area contributed by atoms with E-state index in [9.17, 15) is 12.3 Å². The quantitative estimate of drug-likeness (QED) is 0.177. The predicted molar refractivity (Wildman–Crippen MR) is 224 cm³/mol. The van der Waals surface area contributed by atoms with Crippen LogP contribution in [0.25, 0.3) is 44.2 Å². The molecular weight excluding hydrogens is 665 g/mol. The first-order chi connectivity index (χ1) is 34.4. The van der Waals surface area contributed by atoms with E-state index in [0.29, 0.717) is 33.4 Å². The molecule has 55 heavy (non-hydrogen) atoms. The van der Waals surface area contributed by atoms with Gasteiger partial charge in [-0.25, -0.2) is 0 Å². The molecule has 0 saturated carbocycles. The molecule has 256 valence electrons. The van der Waals surface area contributed by atoms with Crippen LogP contribution in [0.15, 0.2) is 206 Å². The third kappa shape index (κ3) is 3.92. The van der Waals surface area contributed by atoms with Gasteiger partial charge in [-0.3, -0.25) is 0 Å². The van der Waals surface area contributed by atoms with Crippen LogP contribution < -0.4 is 4.74 Å². The summed E-state index contributed by atoms with van der Waals surface area (Å²) in [6.07, 6.45) is 0. The molecule has 0 fully saturated rings. The van der Waals surface area contributed by atoms with E-state index < -0.39 is 108 Å². The first-order valence-electron chi connectivity index (χ1n) is 26.3. The number of rotatable bonds is 3. The number of fused-ring (bicyclic) bond motifs is 14. The topological polar surface area (TPSA) is 9.23 Å². The van der Waals surface area contributed by atoms with Gasteiger partial charge in [0.2, 0.25) is 0 Å². The van der Waals surface area contributed by atoms with Gasteiger partial charge in [0.15, 0.2) is 0 Å². The Hall–Kier alpha value is -6.96. The van der Waals surface area contributed by atoms with Crippen LogP contribution in [0.2, 0.25) is 0 Å². The summed E-state index contributed by atoms with van der Waals surface area (Å²) in [5.41, 5.74) is -0.889. The summed E-state index contributed by atoms with van der Waals surface area (Å²) in [6, 6.07) is 20.7. The van der Waals surface area contributed by atoms with Gasteiger partial charge in [0.05, 0.1) is 34.1 Å². The summed E-state index contributed by atoms with van der Waals surface area (Å²) in [5, 5.41) is -0.474. The molecule has 9 aromatic rings. The van der Waals surface area contributed by atoms with E-state index in [1.54, 1.807) is 97.1 Å². The molecule has 0 saturated heterocycles. The van der Waals surface area contributed by atoms with Crippen LogP contribution in [0.3, 0.4) is 0 Å². The van der Waals surface area contributed by atoms with Crippen LogP contribution in [-0.2, 0) is 10.8 Å². The van der Waals surface area contributed by atoms with Crippen molar-refractivity contribution in [2.45, 2.75) is 10.8 Å². The minimum atomic E-state index is -1.87. The van der Waals surface area contributed by atoms with E-state index in [4.69, 9.17) is 15.7 Å². The largest absolute Gasteiger partial charge is 0.457 e. The van der Waals surface area contributed by atoms with Gasteiger partial charge in [0.25, 0.3) is 0 Å². The summed E-state index contributed by atoms with van der Waals surface area (Å²) in [4.78, 5) is 0. The molecular formula is C54H34O. The average Bonchev–Trinajstić information content (AvgIpc) is 3.87. The van der Waals surface area contributed by atoms with E-state index in [-0.39, 0.29) is 72.8 Å². The molecule has 0 amide bonds. The Bertz CT molecular complexity index is 3950. The van der Waals surface area contributed by atoms with Crippen LogP contribution in [0.4, 0.5) is 0 Å². The Labute approximate surface area is 344 Å². The molecule has 1 heteroatoms. The number of hydrogen-bond acceptors (Lipinski definition) is 1. The van der Waals surface area contributed by atoms with E-state index in [2.05, 4.69) is 0 Å². The Balaban J connectivity index is 1.25. The second-order valence-corrected chi connectivity index (χ2v) is 13.8. The van der Waals surface area contributed by atoms with Gasteiger partial charge in [0.1, 0.15) is 11.5 Å². The maximum absolute atomic E-state index is 10.4. The van der Waals surface area contributed by atoms with Crippen LogP contribution in [0.5, 0.6) is 11.5 Å². The number of hydrogen-bond donors (Lipinski definition) is 0. The van der Waals surface area contributed by atoms with Crippen molar-refractivity contribution in [2.24, 2.45) is 0 Å². The number of ether oxygens (including phenoxy) is 1. The highest BCUT2D eigenvalue weighted by Crippen LogP contribution is 2.64. The predicted octanol–water partition coefficient (Wildman–Crippen LogP) is 13.3. The molecule has 1 unspecified atom stereocenters. The summed E-state index contributed by atoms with van der Waals surface area (Å²) >= 11 is 0. The normalized spacial score (nSPS) is 20.7. The fraction of sp³-hybridized carbons (Fsp3) is 0.0370. The van der Waals surface area contributed by atoms with Crippen molar-refractivity contribution in [2.75, 3.05) is 0 Å². The maximum Gasteiger partial charge on any atom is 0.132 e. The van der Waals surface area contributed by atoms with Crippen molar-refractivity contribution in [1.82, 2.24) is 0 Å². The monoisotopic (exact) mass is 715 g/mol. The third-order valence-electron chi connectivity index (χ3n) is 11.3. The minimum absolute atomic E-state index is 0.00832. The van der Waals surface area contributed by atoms with E-state index in [1.165, 1.54) is 0 Å². The van der Waals surface area contributed by atoms with Crippen molar-refractivity contribution in [1.29, 1.82) is 0 Å². The molecule has 1 nitrogen and oxygen atoms in total. The first-order valence-corrected chi connectivity index (χ1v) is 17.8. The van der Waals surface area contributed by atoms with Gasteiger partial charge in [-0.15, -0.1) is 0 Å². The van der Waals surface area contributed by atoms with E-state index in [0.717, 1.165) is 0 Å². The Morgan fingerprint density at radius 2 is 1.07 bits per heavy atom. The smallest absolute Gasteiger partial charge is 0.132 e. The summed E-state index contributed by atoms with van der Waals surface area (Å²) < 4.78 is 165.